The summed E-state index contributed by atoms with van der Waals surface area (Å²) in [7, 11) is 0. The van der Waals surface area contributed by atoms with Crippen LogP contribution in [0.4, 0.5) is 0 Å². The summed E-state index contributed by atoms with van der Waals surface area (Å²) in [6.07, 6.45) is 5.86. The van der Waals surface area contributed by atoms with E-state index >= 15 is 0 Å². The highest BCUT2D eigenvalue weighted by Gasteiger charge is 2.29. The Labute approximate surface area is 110 Å². The van der Waals surface area contributed by atoms with Crippen molar-refractivity contribution in [3.05, 3.63) is 34.3 Å². The van der Waals surface area contributed by atoms with Gasteiger partial charge >= 0.3 is 0 Å². The quantitative estimate of drug-likeness (QED) is 0.848. The molecule has 0 spiro atoms. The monoisotopic (exact) mass is 260 g/mol. The lowest BCUT2D eigenvalue weighted by Gasteiger charge is -2.26. The van der Waals surface area contributed by atoms with Crippen molar-refractivity contribution in [2.75, 3.05) is 6.54 Å². The van der Waals surface area contributed by atoms with Crippen LogP contribution in [0.15, 0.2) is 17.2 Å². The fourth-order valence-electron chi connectivity index (χ4n) is 2.73. The topological polar surface area (TPSA) is 34.0 Å². The van der Waals surface area contributed by atoms with Crippen molar-refractivity contribution in [2.24, 2.45) is 0 Å². The van der Waals surface area contributed by atoms with Gasteiger partial charge in [0.1, 0.15) is 0 Å². The summed E-state index contributed by atoms with van der Waals surface area (Å²) in [4.78, 5) is 11.4. The van der Waals surface area contributed by atoms with E-state index in [-0.39, 0.29) is 0 Å². The van der Waals surface area contributed by atoms with Gasteiger partial charge < -0.3 is 4.57 Å². The van der Waals surface area contributed by atoms with E-state index in [1.165, 1.54) is 29.9 Å². The first-order chi connectivity index (χ1) is 8.90. The molecule has 0 N–H and O–H groups in total. The normalized spacial score (nSPS) is 20.0. The molecule has 1 fully saturated rings. The largest absolute Gasteiger partial charge is 0.331 e. The third kappa shape index (κ3) is 1.87. The summed E-state index contributed by atoms with van der Waals surface area (Å²) >= 11 is 1.67. The van der Waals surface area contributed by atoms with Crippen LogP contribution in [0.3, 0.4) is 0 Å². The molecule has 2 aliphatic rings. The Kier molecular flexibility index (Phi) is 2.48. The predicted octanol–water partition coefficient (Wildman–Crippen LogP) is 2.23. The predicted molar refractivity (Wildman–Crippen MR) is 70.4 cm³/mol. The van der Waals surface area contributed by atoms with Crippen LogP contribution in [-0.2, 0) is 19.5 Å². The molecule has 0 radical (unpaired) electrons. The average molecular weight is 260 g/mol. The number of rotatable bonds is 3. The van der Waals surface area contributed by atoms with Crippen LogP contribution >= 0.6 is 11.3 Å². The Balaban J connectivity index is 1.51. The summed E-state index contributed by atoms with van der Waals surface area (Å²) in [5, 5.41) is 2.14. The summed E-state index contributed by atoms with van der Waals surface area (Å²) in [6, 6.07) is 0.756. The second-order valence-electron chi connectivity index (χ2n) is 5.22. The van der Waals surface area contributed by atoms with Crippen molar-refractivity contribution < 1.29 is 0 Å². The number of hydrogen-bond donors (Lipinski definition) is 0. The molecule has 5 heteroatoms. The van der Waals surface area contributed by atoms with Gasteiger partial charge in [0.05, 0.1) is 23.2 Å². The van der Waals surface area contributed by atoms with Crippen LogP contribution in [-0.4, -0.2) is 26.0 Å². The zero-order valence-electron chi connectivity index (χ0n) is 10.2. The standard InChI is InChI=1S/C13H16N4S/c1-2-11(1)17-8-14-12-6-16(4-3-13(12)17)5-10-7-18-9-15-10/h7-9,11H,1-6H2. The van der Waals surface area contributed by atoms with E-state index in [0.29, 0.717) is 0 Å². The molecule has 18 heavy (non-hydrogen) atoms. The van der Waals surface area contributed by atoms with Crippen LogP contribution < -0.4 is 0 Å². The van der Waals surface area contributed by atoms with E-state index in [1.807, 2.05) is 5.51 Å². The summed E-state index contributed by atoms with van der Waals surface area (Å²) in [5.41, 5.74) is 5.85. The molecular formula is C13H16N4S. The Hall–Kier alpha value is -1.20. The first kappa shape index (κ1) is 10.7. The van der Waals surface area contributed by atoms with Gasteiger partial charge in [0, 0.05) is 43.2 Å². The van der Waals surface area contributed by atoms with E-state index in [2.05, 4.69) is 31.1 Å². The van der Waals surface area contributed by atoms with Crippen LogP contribution in [0, 0.1) is 0 Å². The number of thiazole rings is 1. The number of fused-ring (bicyclic) bond motifs is 1. The van der Waals surface area contributed by atoms with Gasteiger partial charge in [-0.15, -0.1) is 11.3 Å². The summed E-state index contributed by atoms with van der Waals surface area (Å²) in [5.74, 6) is 0. The van der Waals surface area contributed by atoms with Crippen LogP contribution in [0.2, 0.25) is 0 Å². The summed E-state index contributed by atoms with van der Waals surface area (Å²) < 4.78 is 2.41. The molecule has 0 unspecified atom stereocenters. The lowest BCUT2D eigenvalue weighted by Crippen LogP contribution is -2.31. The molecule has 2 aromatic rings. The van der Waals surface area contributed by atoms with Crippen molar-refractivity contribution in [1.82, 2.24) is 19.4 Å². The highest BCUT2D eigenvalue weighted by Crippen LogP contribution is 2.37. The SMILES string of the molecule is c1nc(CN2CCc3c(ncn3C3CC3)C2)cs1. The van der Waals surface area contributed by atoms with E-state index in [0.717, 1.165) is 32.1 Å². The third-order valence-corrected chi connectivity index (χ3v) is 4.47. The molecule has 4 nitrogen and oxygen atoms in total. The van der Waals surface area contributed by atoms with Crippen molar-refractivity contribution in [1.29, 1.82) is 0 Å². The molecule has 0 saturated heterocycles. The first-order valence-electron chi connectivity index (χ1n) is 6.54. The molecule has 1 saturated carbocycles. The maximum Gasteiger partial charge on any atom is 0.0954 e. The zero-order chi connectivity index (χ0) is 11.9. The minimum Gasteiger partial charge on any atom is -0.331 e. The second-order valence-corrected chi connectivity index (χ2v) is 5.94. The summed E-state index contributed by atoms with van der Waals surface area (Å²) in [6.45, 7) is 3.06. The molecule has 0 amide bonds. The van der Waals surface area contributed by atoms with Crippen molar-refractivity contribution in [3.8, 4) is 0 Å². The molecule has 0 atom stereocenters. The zero-order valence-corrected chi connectivity index (χ0v) is 11.1. The average Bonchev–Trinajstić information content (AvgIpc) is 2.94. The molecule has 1 aliphatic carbocycles. The first-order valence-corrected chi connectivity index (χ1v) is 7.48. The minimum absolute atomic E-state index is 0.756. The maximum absolute atomic E-state index is 4.60. The van der Waals surface area contributed by atoms with E-state index in [9.17, 15) is 0 Å². The Morgan fingerprint density at radius 2 is 2.28 bits per heavy atom. The van der Waals surface area contributed by atoms with Gasteiger partial charge in [-0.3, -0.25) is 4.90 Å². The molecule has 0 bridgehead atoms. The second kappa shape index (κ2) is 4.17. The van der Waals surface area contributed by atoms with Gasteiger partial charge in [0.15, 0.2) is 0 Å². The van der Waals surface area contributed by atoms with Crippen LogP contribution in [0.1, 0.15) is 36.0 Å². The fraction of sp³-hybridized carbons (Fsp3) is 0.538. The molecule has 4 rings (SSSR count). The number of hydrogen-bond acceptors (Lipinski definition) is 4. The van der Waals surface area contributed by atoms with E-state index < -0.39 is 0 Å². The molecule has 2 aromatic heterocycles. The molecule has 3 heterocycles. The molecular weight excluding hydrogens is 244 g/mol. The van der Waals surface area contributed by atoms with Crippen molar-refractivity contribution in [3.63, 3.8) is 0 Å². The van der Waals surface area contributed by atoms with Gasteiger partial charge in [-0.2, -0.15) is 0 Å². The van der Waals surface area contributed by atoms with Gasteiger partial charge in [0.2, 0.25) is 0 Å². The Morgan fingerprint density at radius 3 is 3.06 bits per heavy atom. The van der Waals surface area contributed by atoms with E-state index in [1.54, 1.807) is 11.3 Å². The lowest BCUT2D eigenvalue weighted by molar-refractivity contribution is 0.237. The smallest absolute Gasteiger partial charge is 0.0954 e. The number of aromatic nitrogens is 3. The van der Waals surface area contributed by atoms with Crippen LogP contribution in [0.5, 0.6) is 0 Å². The van der Waals surface area contributed by atoms with Crippen LogP contribution in [0.25, 0.3) is 0 Å². The number of imidazole rings is 1. The van der Waals surface area contributed by atoms with Gasteiger partial charge in [-0.25, -0.2) is 9.97 Å². The van der Waals surface area contributed by atoms with Crippen molar-refractivity contribution >= 4 is 11.3 Å². The van der Waals surface area contributed by atoms with Gasteiger partial charge in [-0.05, 0) is 12.8 Å². The van der Waals surface area contributed by atoms with E-state index in [4.69, 9.17) is 0 Å². The van der Waals surface area contributed by atoms with Gasteiger partial charge in [-0.1, -0.05) is 0 Å². The fourth-order valence-corrected chi connectivity index (χ4v) is 3.28. The minimum atomic E-state index is 0.756. The third-order valence-electron chi connectivity index (χ3n) is 3.83. The lowest BCUT2D eigenvalue weighted by atomic mass is 10.1. The highest BCUT2D eigenvalue weighted by atomic mass is 32.1. The van der Waals surface area contributed by atoms with Gasteiger partial charge in [0.25, 0.3) is 0 Å². The molecule has 0 aromatic carbocycles. The maximum atomic E-state index is 4.60. The Bertz CT molecular complexity index is 541. The Morgan fingerprint density at radius 1 is 1.33 bits per heavy atom. The number of nitrogens with zero attached hydrogens (tertiary/aromatic N) is 4. The molecule has 94 valence electrons. The molecule has 1 aliphatic heterocycles. The van der Waals surface area contributed by atoms with Crippen molar-refractivity contribution in [2.45, 2.75) is 38.4 Å². The highest BCUT2D eigenvalue weighted by molar-refractivity contribution is 7.07.